The first-order valence-electron chi connectivity index (χ1n) is 6.75. The third-order valence-electron chi connectivity index (χ3n) is 3.73. The molecule has 2 heterocycles. The van der Waals surface area contributed by atoms with Gasteiger partial charge in [-0.3, -0.25) is 4.79 Å². The van der Waals surface area contributed by atoms with Crippen LogP contribution in [0.5, 0.6) is 0 Å². The first-order chi connectivity index (χ1) is 9.06. The van der Waals surface area contributed by atoms with Gasteiger partial charge in [0.05, 0.1) is 0 Å². The highest BCUT2D eigenvalue weighted by atomic mass is 16.4. The molecule has 5 heteroatoms. The number of nitrogens with zero attached hydrogens (tertiary/aromatic N) is 2. The van der Waals surface area contributed by atoms with Gasteiger partial charge in [-0.15, -0.1) is 0 Å². The predicted octanol–water partition coefficient (Wildman–Crippen LogP) is 1.83. The minimum Gasteiger partial charge on any atom is -0.480 e. The second-order valence-electron chi connectivity index (χ2n) is 5.13. The summed E-state index contributed by atoms with van der Waals surface area (Å²) in [5.74, 6) is -1.07. The normalized spacial score (nSPS) is 22.7. The zero-order valence-corrected chi connectivity index (χ0v) is 11.4. The van der Waals surface area contributed by atoms with E-state index in [1.165, 1.54) is 4.90 Å². The van der Waals surface area contributed by atoms with Crippen LogP contribution in [0.2, 0.25) is 0 Å². The molecule has 0 radical (unpaired) electrons. The molecule has 2 rings (SSSR count). The number of aliphatic carboxylic acids is 1. The highest BCUT2D eigenvalue weighted by molar-refractivity contribution is 5.95. The number of hydrogen-bond donors (Lipinski definition) is 1. The Morgan fingerprint density at radius 3 is 2.84 bits per heavy atom. The van der Waals surface area contributed by atoms with Crippen LogP contribution in [0.15, 0.2) is 18.3 Å². The quantitative estimate of drug-likeness (QED) is 0.902. The van der Waals surface area contributed by atoms with Crippen molar-refractivity contribution in [2.75, 3.05) is 6.54 Å². The molecular formula is C14H20N2O3. The Morgan fingerprint density at radius 1 is 1.47 bits per heavy atom. The van der Waals surface area contributed by atoms with Crippen LogP contribution in [0.25, 0.3) is 0 Å². The highest BCUT2D eigenvalue weighted by Gasteiger charge is 2.40. The fraction of sp³-hybridized carbons (Fsp3) is 0.571. The predicted molar refractivity (Wildman–Crippen MR) is 71.0 cm³/mol. The van der Waals surface area contributed by atoms with Gasteiger partial charge in [-0.05, 0) is 30.9 Å². The third-order valence-corrected chi connectivity index (χ3v) is 3.73. The summed E-state index contributed by atoms with van der Waals surface area (Å²) in [6.45, 7) is 5.23. The fourth-order valence-corrected chi connectivity index (χ4v) is 2.74. The molecule has 1 aliphatic rings. The van der Waals surface area contributed by atoms with Gasteiger partial charge in [0.25, 0.3) is 5.91 Å². The molecule has 1 aromatic heterocycles. The van der Waals surface area contributed by atoms with E-state index in [9.17, 15) is 14.7 Å². The highest BCUT2D eigenvalue weighted by Crippen LogP contribution is 2.26. The van der Waals surface area contributed by atoms with Gasteiger partial charge in [0.2, 0.25) is 0 Å². The summed E-state index contributed by atoms with van der Waals surface area (Å²) in [5.41, 5.74) is 0.585. The van der Waals surface area contributed by atoms with Crippen molar-refractivity contribution in [3.8, 4) is 0 Å². The minimum absolute atomic E-state index is 0.0102. The van der Waals surface area contributed by atoms with Gasteiger partial charge in [0.15, 0.2) is 0 Å². The second kappa shape index (κ2) is 5.47. The Hall–Kier alpha value is -1.78. The maximum Gasteiger partial charge on any atom is 0.326 e. The van der Waals surface area contributed by atoms with Crippen LogP contribution in [-0.4, -0.2) is 39.0 Å². The van der Waals surface area contributed by atoms with Gasteiger partial charge < -0.3 is 14.6 Å². The lowest BCUT2D eigenvalue weighted by Crippen LogP contribution is -2.43. The molecule has 1 aliphatic heterocycles. The Labute approximate surface area is 112 Å². The average Bonchev–Trinajstić information content (AvgIpc) is 2.95. The molecule has 0 spiro atoms. The number of amides is 1. The lowest BCUT2D eigenvalue weighted by atomic mass is 10.0. The molecule has 19 heavy (non-hydrogen) atoms. The monoisotopic (exact) mass is 264 g/mol. The topological polar surface area (TPSA) is 62.5 Å². The van der Waals surface area contributed by atoms with Gasteiger partial charge in [0, 0.05) is 19.3 Å². The number of aromatic nitrogens is 1. The van der Waals surface area contributed by atoms with Gasteiger partial charge >= 0.3 is 5.97 Å². The smallest absolute Gasteiger partial charge is 0.326 e. The van der Waals surface area contributed by atoms with Crippen LogP contribution in [0, 0.1) is 5.92 Å². The largest absolute Gasteiger partial charge is 0.480 e. The van der Waals surface area contributed by atoms with Crippen molar-refractivity contribution < 1.29 is 14.7 Å². The number of rotatable bonds is 4. The molecule has 1 N–H and O–H groups in total. The van der Waals surface area contributed by atoms with E-state index in [-0.39, 0.29) is 11.8 Å². The molecule has 1 amide bonds. The molecule has 2 atom stereocenters. The summed E-state index contributed by atoms with van der Waals surface area (Å²) < 4.78 is 1.89. The Balaban J connectivity index is 2.23. The van der Waals surface area contributed by atoms with Crippen molar-refractivity contribution in [2.24, 2.45) is 5.92 Å². The van der Waals surface area contributed by atoms with E-state index in [0.29, 0.717) is 12.2 Å². The van der Waals surface area contributed by atoms with Crippen molar-refractivity contribution in [3.05, 3.63) is 24.0 Å². The lowest BCUT2D eigenvalue weighted by molar-refractivity contribution is -0.142. The maximum atomic E-state index is 12.5. The number of carboxylic acid groups (broad SMARTS) is 1. The van der Waals surface area contributed by atoms with Crippen LogP contribution >= 0.6 is 0 Å². The molecule has 0 aromatic carbocycles. The Bertz CT molecular complexity index is 481. The van der Waals surface area contributed by atoms with Crippen molar-refractivity contribution >= 4 is 11.9 Å². The van der Waals surface area contributed by atoms with Crippen LogP contribution < -0.4 is 0 Å². The van der Waals surface area contributed by atoms with Crippen molar-refractivity contribution in [2.45, 2.75) is 39.3 Å². The Kier molecular flexibility index (Phi) is 3.93. The van der Waals surface area contributed by atoms with E-state index in [0.717, 1.165) is 19.4 Å². The number of hydrogen-bond acceptors (Lipinski definition) is 2. The molecule has 104 valence electrons. The third kappa shape index (κ3) is 2.50. The molecule has 1 saturated heterocycles. The molecular weight excluding hydrogens is 244 g/mol. The van der Waals surface area contributed by atoms with E-state index in [4.69, 9.17) is 0 Å². The fourth-order valence-electron chi connectivity index (χ4n) is 2.74. The number of carboxylic acids is 1. The Morgan fingerprint density at radius 2 is 2.21 bits per heavy atom. The second-order valence-corrected chi connectivity index (χ2v) is 5.13. The zero-order valence-electron chi connectivity index (χ0n) is 11.4. The molecule has 1 aromatic rings. The summed E-state index contributed by atoms with van der Waals surface area (Å²) in [5, 5.41) is 9.27. The van der Waals surface area contributed by atoms with Crippen LogP contribution in [0.1, 0.15) is 37.2 Å². The molecule has 0 aliphatic carbocycles. The van der Waals surface area contributed by atoms with Crippen LogP contribution in [0.3, 0.4) is 0 Å². The molecule has 2 unspecified atom stereocenters. The van der Waals surface area contributed by atoms with Gasteiger partial charge in [-0.25, -0.2) is 4.79 Å². The summed E-state index contributed by atoms with van der Waals surface area (Å²) in [6.07, 6.45) is 3.55. The summed E-state index contributed by atoms with van der Waals surface area (Å²) in [4.78, 5) is 25.3. The van der Waals surface area contributed by atoms with Gasteiger partial charge in [0.1, 0.15) is 11.7 Å². The van der Waals surface area contributed by atoms with Gasteiger partial charge in [-0.1, -0.05) is 13.8 Å². The summed E-state index contributed by atoms with van der Waals surface area (Å²) in [6, 6.07) is 2.90. The standard InChI is InChI=1S/C14H20N2O3/c1-3-7-15-8-4-5-11(15)13(17)16-9-6-10(2)12(16)14(18)19/h4-5,8,10,12H,3,6-7,9H2,1-2H3,(H,18,19). The lowest BCUT2D eigenvalue weighted by Gasteiger charge is -2.24. The van der Waals surface area contributed by atoms with Crippen molar-refractivity contribution in [1.29, 1.82) is 0 Å². The summed E-state index contributed by atoms with van der Waals surface area (Å²) >= 11 is 0. The summed E-state index contributed by atoms with van der Waals surface area (Å²) in [7, 11) is 0. The number of likely N-dealkylation sites (tertiary alicyclic amines) is 1. The average molecular weight is 264 g/mol. The van der Waals surface area contributed by atoms with E-state index in [2.05, 4.69) is 0 Å². The van der Waals surface area contributed by atoms with Crippen LogP contribution in [0.4, 0.5) is 0 Å². The number of carbonyl (C=O) groups is 2. The molecule has 5 nitrogen and oxygen atoms in total. The minimum atomic E-state index is -0.910. The van der Waals surface area contributed by atoms with E-state index < -0.39 is 12.0 Å². The van der Waals surface area contributed by atoms with E-state index in [1.54, 1.807) is 6.07 Å². The SMILES string of the molecule is CCCn1cccc1C(=O)N1CCC(C)C1C(=O)O. The molecule has 0 bridgehead atoms. The first kappa shape index (κ1) is 13.6. The maximum absolute atomic E-state index is 12.5. The first-order valence-corrected chi connectivity index (χ1v) is 6.75. The number of aryl methyl sites for hydroxylation is 1. The zero-order chi connectivity index (χ0) is 14.0. The van der Waals surface area contributed by atoms with Crippen molar-refractivity contribution in [3.63, 3.8) is 0 Å². The van der Waals surface area contributed by atoms with E-state index in [1.807, 2.05) is 30.7 Å². The number of carbonyl (C=O) groups excluding carboxylic acids is 1. The molecule has 0 saturated carbocycles. The van der Waals surface area contributed by atoms with Crippen molar-refractivity contribution in [1.82, 2.24) is 9.47 Å². The molecule has 1 fully saturated rings. The van der Waals surface area contributed by atoms with E-state index >= 15 is 0 Å². The van der Waals surface area contributed by atoms with Crippen LogP contribution in [-0.2, 0) is 11.3 Å². The van der Waals surface area contributed by atoms with Gasteiger partial charge in [-0.2, -0.15) is 0 Å².